The van der Waals surface area contributed by atoms with Crippen molar-refractivity contribution in [3.05, 3.63) is 52.0 Å². The van der Waals surface area contributed by atoms with E-state index in [0.29, 0.717) is 0 Å². The lowest BCUT2D eigenvalue weighted by Crippen LogP contribution is -1.91. The van der Waals surface area contributed by atoms with Gasteiger partial charge in [-0.3, -0.25) is 4.98 Å². The van der Waals surface area contributed by atoms with Crippen LogP contribution in [0.2, 0.25) is 0 Å². The fraction of sp³-hybridized carbons (Fsp3) is 0.250. The SMILES string of the molecule is Cc1cc(CCc2ccccn2)cs1. The highest BCUT2D eigenvalue weighted by Gasteiger charge is 1.97. The average molecular weight is 203 g/mol. The van der Waals surface area contributed by atoms with Crippen LogP contribution in [-0.2, 0) is 12.8 Å². The van der Waals surface area contributed by atoms with Gasteiger partial charge in [0, 0.05) is 16.8 Å². The molecule has 2 aromatic rings. The lowest BCUT2D eigenvalue weighted by molar-refractivity contribution is 0.917. The largest absolute Gasteiger partial charge is 0.261 e. The summed E-state index contributed by atoms with van der Waals surface area (Å²) in [6.45, 7) is 2.15. The molecule has 0 saturated heterocycles. The van der Waals surface area contributed by atoms with E-state index < -0.39 is 0 Å². The van der Waals surface area contributed by atoms with Gasteiger partial charge in [-0.1, -0.05) is 6.07 Å². The number of pyridine rings is 1. The summed E-state index contributed by atoms with van der Waals surface area (Å²) in [5, 5.41) is 2.23. The summed E-state index contributed by atoms with van der Waals surface area (Å²) in [5.74, 6) is 0. The number of aromatic nitrogens is 1. The third-order valence-corrected chi connectivity index (χ3v) is 3.09. The van der Waals surface area contributed by atoms with E-state index in [4.69, 9.17) is 0 Å². The van der Waals surface area contributed by atoms with Crippen molar-refractivity contribution in [2.45, 2.75) is 19.8 Å². The summed E-state index contributed by atoms with van der Waals surface area (Å²) in [7, 11) is 0. The molecule has 2 rings (SSSR count). The first-order valence-electron chi connectivity index (χ1n) is 4.78. The normalized spacial score (nSPS) is 10.4. The standard InChI is InChI=1S/C12H13NS/c1-10-8-11(9-14-10)5-6-12-4-2-3-7-13-12/h2-4,7-9H,5-6H2,1H3. The molecular weight excluding hydrogens is 190 g/mol. The second-order valence-corrected chi connectivity index (χ2v) is 4.50. The molecule has 0 fully saturated rings. The fourth-order valence-corrected chi connectivity index (χ4v) is 2.19. The lowest BCUT2D eigenvalue weighted by Gasteiger charge is -1.97. The van der Waals surface area contributed by atoms with Crippen LogP contribution >= 0.6 is 11.3 Å². The minimum absolute atomic E-state index is 1.04. The van der Waals surface area contributed by atoms with Gasteiger partial charge >= 0.3 is 0 Å². The van der Waals surface area contributed by atoms with Crippen LogP contribution in [0.4, 0.5) is 0 Å². The molecule has 1 nitrogen and oxygen atoms in total. The zero-order valence-corrected chi connectivity index (χ0v) is 9.05. The monoisotopic (exact) mass is 203 g/mol. The first-order valence-corrected chi connectivity index (χ1v) is 5.66. The van der Waals surface area contributed by atoms with Gasteiger partial charge in [-0.15, -0.1) is 11.3 Å². The molecule has 0 spiro atoms. The van der Waals surface area contributed by atoms with Gasteiger partial charge in [-0.25, -0.2) is 0 Å². The molecule has 0 aromatic carbocycles. The molecule has 2 heteroatoms. The smallest absolute Gasteiger partial charge is 0.0406 e. The van der Waals surface area contributed by atoms with Crippen molar-refractivity contribution in [3.8, 4) is 0 Å². The van der Waals surface area contributed by atoms with Crippen molar-refractivity contribution in [3.63, 3.8) is 0 Å². The van der Waals surface area contributed by atoms with Crippen LogP contribution in [0.3, 0.4) is 0 Å². The summed E-state index contributed by atoms with van der Waals surface area (Å²) in [5.41, 5.74) is 2.61. The first kappa shape index (κ1) is 9.41. The van der Waals surface area contributed by atoms with Gasteiger partial charge in [0.25, 0.3) is 0 Å². The van der Waals surface area contributed by atoms with Crippen molar-refractivity contribution in [1.29, 1.82) is 0 Å². The average Bonchev–Trinajstić information content (AvgIpc) is 2.63. The van der Waals surface area contributed by atoms with Crippen molar-refractivity contribution in [2.24, 2.45) is 0 Å². The molecule has 0 atom stereocenters. The van der Waals surface area contributed by atoms with E-state index in [0.717, 1.165) is 12.8 Å². The summed E-state index contributed by atoms with van der Waals surface area (Å²) in [6, 6.07) is 8.34. The van der Waals surface area contributed by atoms with Crippen LogP contribution < -0.4 is 0 Å². The maximum absolute atomic E-state index is 4.30. The molecule has 14 heavy (non-hydrogen) atoms. The molecule has 0 saturated carbocycles. The first-order chi connectivity index (χ1) is 6.84. The van der Waals surface area contributed by atoms with Gasteiger partial charge in [0.2, 0.25) is 0 Å². The molecule has 0 amide bonds. The van der Waals surface area contributed by atoms with Gasteiger partial charge < -0.3 is 0 Å². The van der Waals surface area contributed by atoms with E-state index in [2.05, 4.69) is 29.4 Å². The van der Waals surface area contributed by atoms with Crippen LogP contribution in [0.25, 0.3) is 0 Å². The van der Waals surface area contributed by atoms with Crippen LogP contribution in [0.5, 0.6) is 0 Å². The molecule has 0 bridgehead atoms. The van der Waals surface area contributed by atoms with Crippen molar-refractivity contribution >= 4 is 11.3 Å². The number of nitrogens with zero attached hydrogens (tertiary/aromatic N) is 1. The number of rotatable bonds is 3. The van der Waals surface area contributed by atoms with E-state index >= 15 is 0 Å². The Morgan fingerprint density at radius 2 is 2.21 bits per heavy atom. The van der Waals surface area contributed by atoms with E-state index in [1.807, 2.05) is 29.7 Å². The third kappa shape index (κ3) is 2.42. The second-order valence-electron chi connectivity index (χ2n) is 3.39. The third-order valence-electron chi connectivity index (χ3n) is 2.18. The Kier molecular flexibility index (Phi) is 2.94. The fourth-order valence-electron chi connectivity index (χ4n) is 1.45. The second kappa shape index (κ2) is 4.38. The van der Waals surface area contributed by atoms with Crippen molar-refractivity contribution in [2.75, 3.05) is 0 Å². The van der Waals surface area contributed by atoms with Gasteiger partial charge in [-0.05, 0) is 48.9 Å². The van der Waals surface area contributed by atoms with Gasteiger partial charge in [0.05, 0.1) is 0 Å². The van der Waals surface area contributed by atoms with Crippen LogP contribution in [-0.4, -0.2) is 4.98 Å². The molecule has 0 unspecified atom stereocenters. The molecule has 0 aliphatic carbocycles. The Hall–Kier alpha value is -1.15. The van der Waals surface area contributed by atoms with Crippen molar-refractivity contribution < 1.29 is 0 Å². The van der Waals surface area contributed by atoms with Crippen LogP contribution in [0.15, 0.2) is 35.8 Å². The van der Waals surface area contributed by atoms with E-state index in [1.165, 1.54) is 16.1 Å². The maximum Gasteiger partial charge on any atom is 0.0406 e. The van der Waals surface area contributed by atoms with E-state index in [-0.39, 0.29) is 0 Å². The number of hydrogen-bond donors (Lipinski definition) is 0. The number of hydrogen-bond acceptors (Lipinski definition) is 2. The topological polar surface area (TPSA) is 12.9 Å². The van der Waals surface area contributed by atoms with Gasteiger partial charge in [0.15, 0.2) is 0 Å². The van der Waals surface area contributed by atoms with Crippen molar-refractivity contribution in [1.82, 2.24) is 4.98 Å². The van der Waals surface area contributed by atoms with Gasteiger partial charge in [-0.2, -0.15) is 0 Å². The Labute approximate surface area is 88.4 Å². The molecule has 2 aromatic heterocycles. The van der Waals surface area contributed by atoms with E-state index in [1.54, 1.807) is 0 Å². The molecule has 0 aliphatic heterocycles. The lowest BCUT2D eigenvalue weighted by atomic mass is 10.1. The molecule has 0 aliphatic rings. The van der Waals surface area contributed by atoms with Crippen LogP contribution in [0.1, 0.15) is 16.1 Å². The Bertz CT molecular complexity index is 392. The predicted octanol–water partition coefficient (Wildman–Crippen LogP) is 3.24. The minimum atomic E-state index is 1.04. The van der Waals surface area contributed by atoms with Gasteiger partial charge in [0.1, 0.15) is 0 Å². The summed E-state index contributed by atoms with van der Waals surface area (Å²) >= 11 is 1.82. The Morgan fingerprint density at radius 1 is 1.29 bits per heavy atom. The Morgan fingerprint density at radius 3 is 2.86 bits per heavy atom. The van der Waals surface area contributed by atoms with Crippen LogP contribution in [0, 0.1) is 6.92 Å². The highest BCUT2D eigenvalue weighted by Crippen LogP contribution is 2.14. The minimum Gasteiger partial charge on any atom is -0.261 e. The predicted molar refractivity (Wildman–Crippen MR) is 60.7 cm³/mol. The van der Waals surface area contributed by atoms with E-state index in [9.17, 15) is 0 Å². The highest BCUT2D eigenvalue weighted by atomic mass is 32.1. The zero-order chi connectivity index (χ0) is 9.80. The quantitative estimate of drug-likeness (QED) is 0.746. The zero-order valence-electron chi connectivity index (χ0n) is 8.23. The number of thiophene rings is 1. The highest BCUT2D eigenvalue weighted by molar-refractivity contribution is 7.10. The summed E-state index contributed by atoms with van der Waals surface area (Å²) < 4.78 is 0. The maximum atomic E-state index is 4.30. The molecular formula is C12H13NS. The summed E-state index contributed by atoms with van der Waals surface area (Å²) in [4.78, 5) is 5.69. The molecule has 0 N–H and O–H groups in total. The molecule has 0 radical (unpaired) electrons. The summed E-state index contributed by atoms with van der Waals surface area (Å²) in [6.07, 6.45) is 3.99. The molecule has 72 valence electrons. The Balaban J connectivity index is 1.95. The molecule has 2 heterocycles. The number of aryl methyl sites for hydroxylation is 3.